The van der Waals surface area contributed by atoms with Gasteiger partial charge in [0.25, 0.3) is 5.91 Å². The quantitative estimate of drug-likeness (QED) is 0.893. The van der Waals surface area contributed by atoms with Crippen LogP contribution in [0.15, 0.2) is 36.7 Å². The highest BCUT2D eigenvalue weighted by Gasteiger charge is 2.05. The summed E-state index contributed by atoms with van der Waals surface area (Å²) >= 11 is 0. The Bertz CT molecular complexity index is 607. The summed E-state index contributed by atoms with van der Waals surface area (Å²) in [7, 11) is 1.86. The zero-order chi connectivity index (χ0) is 13.7. The van der Waals surface area contributed by atoms with Gasteiger partial charge in [0, 0.05) is 25.4 Å². The predicted octanol–water partition coefficient (Wildman–Crippen LogP) is 1.26. The molecule has 0 aliphatic carbocycles. The van der Waals surface area contributed by atoms with Crippen LogP contribution in [0.3, 0.4) is 0 Å². The second kappa shape index (κ2) is 5.83. The van der Waals surface area contributed by atoms with Gasteiger partial charge in [0.2, 0.25) is 0 Å². The van der Waals surface area contributed by atoms with Crippen molar-refractivity contribution in [1.82, 2.24) is 15.1 Å². The second-order valence-electron chi connectivity index (χ2n) is 4.22. The lowest BCUT2D eigenvalue weighted by molar-refractivity contribution is 0.0954. The number of nitrogens with zero attached hydrogens (tertiary/aromatic N) is 3. The molecule has 0 unspecified atom stereocenters. The van der Waals surface area contributed by atoms with Gasteiger partial charge in [-0.15, -0.1) is 0 Å². The fourth-order valence-electron chi connectivity index (χ4n) is 1.72. The Hall–Kier alpha value is -2.61. The number of carbonyl (C=O) groups is 1. The van der Waals surface area contributed by atoms with E-state index >= 15 is 0 Å². The first-order valence-corrected chi connectivity index (χ1v) is 5.95. The molecule has 0 aliphatic heterocycles. The number of hydrogen-bond acceptors (Lipinski definition) is 3. The van der Waals surface area contributed by atoms with E-state index in [1.165, 1.54) is 0 Å². The Morgan fingerprint density at radius 1 is 1.42 bits per heavy atom. The summed E-state index contributed by atoms with van der Waals surface area (Å²) in [6, 6.07) is 8.59. The SMILES string of the molecule is Cn1cc(CCNC(=O)c2ccc(C#N)cc2)cn1. The molecule has 5 nitrogen and oxygen atoms in total. The molecule has 0 spiro atoms. The van der Waals surface area contributed by atoms with Crippen LogP contribution in [0.4, 0.5) is 0 Å². The topological polar surface area (TPSA) is 70.7 Å². The number of nitrogens with one attached hydrogen (secondary N) is 1. The van der Waals surface area contributed by atoms with Crippen molar-refractivity contribution in [3.63, 3.8) is 0 Å². The Morgan fingerprint density at radius 3 is 2.74 bits per heavy atom. The van der Waals surface area contributed by atoms with Crippen LogP contribution in [0.5, 0.6) is 0 Å². The monoisotopic (exact) mass is 254 g/mol. The lowest BCUT2D eigenvalue weighted by atomic mass is 10.1. The summed E-state index contributed by atoms with van der Waals surface area (Å²) in [4.78, 5) is 11.8. The maximum Gasteiger partial charge on any atom is 0.251 e. The first-order valence-electron chi connectivity index (χ1n) is 5.95. The molecule has 96 valence electrons. The molecular formula is C14H14N4O. The van der Waals surface area contributed by atoms with E-state index in [4.69, 9.17) is 5.26 Å². The number of aryl methyl sites for hydroxylation is 1. The summed E-state index contributed by atoms with van der Waals surface area (Å²) in [6.07, 6.45) is 4.46. The molecule has 1 N–H and O–H groups in total. The van der Waals surface area contributed by atoms with Crippen LogP contribution >= 0.6 is 0 Å². The van der Waals surface area contributed by atoms with Gasteiger partial charge in [0.1, 0.15) is 0 Å². The van der Waals surface area contributed by atoms with Gasteiger partial charge in [0.05, 0.1) is 17.8 Å². The fourth-order valence-corrected chi connectivity index (χ4v) is 1.72. The Labute approximate surface area is 111 Å². The van der Waals surface area contributed by atoms with E-state index in [1.807, 2.05) is 19.3 Å². The van der Waals surface area contributed by atoms with Crippen LogP contribution < -0.4 is 5.32 Å². The molecule has 0 atom stereocenters. The third kappa shape index (κ3) is 3.42. The average molecular weight is 254 g/mol. The van der Waals surface area contributed by atoms with Gasteiger partial charge < -0.3 is 5.32 Å². The van der Waals surface area contributed by atoms with Gasteiger partial charge in [-0.2, -0.15) is 10.4 Å². The van der Waals surface area contributed by atoms with Crippen molar-refractivity contribution in [2.75, 3.05) is 6.54 Å². The molecule has 0 saturated heterocycles. The number of carbonyl (C=O) groups excluding carboxylic acids is 1. The lowest BCUT2D eigenvalue weighted by Crippen LogP contribution is -2.25. The molecular weight excluding hydrogens is 240 g/mol. The molecule has 0 fully saturated rings. The van der Waals surface area contributed by atoms with Crippen LogP contribution in [0.1, 0.15) is 21.5 Å². The second-order valence-corrected chi connectivity index (χ2v) is 4.22. The van der Waals surface area contributed by atoms with Gasteiger partial charge in [-0.3, -0.25) is 9.48 Å². The number of hydrogen-bond donors (Lipinski definition) is 1. The molecule has 5 heteroatoms. The normalized spacial score (nSPS) is 9.89. The van der Waals surface area contributed by atoms with Crippen LogP contribution in [-0.4, -0.2) is 22.2 Å². The van der Waals surface area contributed by atoms with Gasteiger partial charge in [-0.05, 0) is 36.2 Å². The maximum atomic E-state index is 11.8. The molecule has 0 aliphatic rings. The van der Waals surface area contributed by atoms with Gasteiger partial charge in [-0.1, -0.05) is 0 Å². The predicted molar refractivity (Wildman–Crippen MR) is 70.4 cm³/mol. The summed E-state index contributed by atoms with van der Waals surface area (Å²) < 4.78 is 1.73. The van der Waals surface area contributed by atoms with E-state index in [-0.39, 0.29) is 5.91 Å². The van der Waals surface area contributed by atoms with Gasteiger partial charge in [0.15, 0.2) is 0 Å². The third-order valence-corrected chi connectivity index (χ3v) is 2.73. The molecule has 2 aromatic rings. The number of nitriles is 1. The van der Waals surface area contributed by atoms with Gasteiger partial charge in [-0.25, -0.2) is 0 Å². The summed E-state index contributed by atoms with van der Waals surface area (Å²) in [6.45, 7) is 0.560. The number of amides is 1. The molecule has 1 heterocycles. The van der Waals surface area contributed by atoms with E-state index in [0.717, 1.165) is 12.0 Å². The smallest absolute Gasteiger partial charge is 0.251 e. The molecule has 0 bridgehead atoms. The fraction of sp³-hybridized carbons (Fsp3) is 0.214. The van der Waals surface area contributed by atoms with Crippen LogP contribution in [0.2, 0.25) is 0 Å². The minimum absolute atomic E-state index is 0.131. The van der Waals surface area contributed by atoms with Crippen molar-refractivity contribution in [3.05, 3.63) is 53.3 Å². The Balaban J connectivity index is 1.85. The molecule has 2 rings (SSSR count). The van der Waals surface area contributed by atoms with Gasteiger partial charge >= 0.3 is 0 Å². The summed E-state index contributed by atoms with van der Waals surface area (Å²) in [5.41, 5.74) is 2.19. The van der Waals surface area contributed by atoms with Crippen LogP contribution in [0, 0.1) is 11.3 Å². The third-order valence-electron chi connectivity index (χ3n) is 2.73. The highest BCUT2D eigenvalue weighted by atomic mass is 16.1. The van der Waals surface area contributed by atoms with Crippen molar-refractivity contribution < 1.29 is 4.79 Å². The van der Waals surface area contributed by atoms with E-state index < -0.39 is 0 Å². The minimum atomic E-state index is -0.131. The largest absolute Gasteiger partial charge is 0.352 e. The lowest BCUT2D eigenvalue weighted by Gasteiger charge is -2.04. The summed E-state index contributed by atoms with van der Waals surface area (Å²) in [5, 5.41) is 15.6. The molecule has 19 heavy (non-hydrogen) atoms. The minimum Gasteiger partial charge on any atom is -0.352 e. The molecule has 1 aromatic carbocycles. The molecule has 1 aromatic heterocycles. The van der Waals surface area contributed by atoms with Crippen LogP contribution in [0.25, 0.3) is 0 Å². The Kier molecular flexibility index (Phi) is 3.94. The van der Waals surface area contributed by atoms with E-state index in [9.17, 15) is 4.79 Å². The summed E-state index contributed by atoms with van der Waals surface area (Å²) in [5.74, 6) is -0.131. The van der Waals surface area contributed by atoms with Crippen molar-refractivity contribution in [3.8, 4) is 6.07 Å². The highest BCUT2D eigenvalue weighted by molar-refractivity contribution is 5.94. The number of aromatic nitrogens is 2. The van der Waals surface area contributed by atoms with Crippen LogP contribution in [-0.2, 0) is 13.5 Å². The zero-order valence-electron chi connectivity index (χ0n) is 10.6. The van der Waals surface area contributed by atoms with E-state index in [1.54, 1.807) is 35.1 Å². The number of rotatable bonds is 4. The molecule has 1 amide bonds. The standard InChI is InChI=1S/C14H14N4O/c1-18-10-12(9-17-18)6-7-16-14(19)13-4-2-11(8-15)3-5-13/h2-5,9-10H,6-7H2,1H3,(H,16,19). The first kappa shape index (κ1) is 12.8. The average Bonchev–Trinajstić information content (AvgIpc) is 2.84. The van der Waals surface area contributed by atoms with E-state index in [2.05, 4.69) is 10.4 Å². The van der Waals surface area contributed by atoms with Crippen molar-refractivity contribution in [2.45, 2.75) is 6.42 Å². The van der Waals surface area contributed by atoms with Crippen molar-refractivity contribution in [2.24, 2.45) is 7.05 Å². The molecule has 0 radical (unpaired) electrons. The Morgan fingerprint density at radius 2 is 2.16 bits per heavy atom. The number of benzene rings is 1. The highest BCUT2D eigenvalue weighted by Crippen LogP contribution is 2.03. The van der Waals surface area contributed by atoms with Crippen molar-refractivity contribution in [1.29, 1.82) is 5.26 Å². The van der Waals surface area contributed by atoms with Crippen molar-refractivity contribution >= 4 is 5.91 Å². The molecule has 0 saturated carbocycles. The maximum absolute atomic E-state index is 11.8. The first-order chi connectivity index (χ1) is 9.19. The van der Waals surface area contributed by atoms with E-state index in [0.29, 0.717) is 17.7 Å². The zero-order valence-corrected chi connectivity index (χ0v) is 10.6.